The second kappa shape index (κ2) is 16.8. The van der Waals surface area contributed by atoms with Crippen LogP contribution in [0.2, 0.25) is 0 Å². The Bertz CT molecular complexity index is 1910. The van der Waals surface area contributed by atoms with Crippen LogP contribution in [0.25, 0.3) is 0 Å². The fraction of sp³-hybridized carbons (Fsp3) is 0.422. The summed E-state index contributed by atoms with van der Waals surface area (Å²) in [5.41, 5.74) is 3.24. The van der Waals surface area contributed by atoms with Gasteiger partial charge in [0.05, 0.1) is 32.3 Å². The third kappa shape index (κ3) is 8.61. The lowest BCUT2D eigenvalue weighted by atomic mass is 9.64. The van der Waals surface area contributed by atoms with E-state index in [2.05, 4.69) is 32.1 Å². The maximum atomic E-state index is 14.3. The van der Waals surface area contributed by atoms with E-state index in [1.165, 1.54) is 10.5 Å². The van der Waals surface area contributed by atoms with E-state index in [0.29, 0.717) is 67.7 Å². The van der Waals surface area contributed by atoms with Crippen molar-refractivity contribution < 1.29 is 29.3 Å². The van der Waals surface area contributed by atoms with Crippen molar-refractivity contribution >= 4 is 23.0 Å². The second-order valence-electron chi connectivity index (χ2n) is 15.2. The summed E-state index contributed by atoms with van der Waals surface area (Å²) in [6, 6.07) is 25.1. The van der Waals surface area contributed by atoms with Crippen molar-refractivity contribution in [3.05, 3.63) is 129 Å². The van der Waals surface area contributed by atoms with Crippen molar-refractivity contribution in [1.82, 2.24) is 4.90 Å². The highest BCUT2D eigenvalue weighted by molar-refractivity contribution is 7.09. The summed E-state index contributed by atoms with van der Waals surface area (Å²) in [5, 5.41) is 26.1. The average molecular weight is 736 g/mol. The van der Waals surface area contributed by atoms with Crippen LogP contribution in [0.15, 0.2) is 95.9 Å². The zero-order valence-corrected chi connectivity index (χ0v) is 32.3. The molecule has 8 heteroatoms. The number of hydrogen-bond acceptors (Lipinski definition) is 7. The van der Waals surface area contributed by atoms with Crippen LogP contribution in [0.4, 0.5) is 0 Å². The van der Waals surface area contributed by atoms with E-state index in [1.54, 1.807) is 25.6 Å². The van der Waals surface area contributed by atoms with Crippen molar-refractivity contribution in [2.75, 3.05) is 27.3 Å². The molecule has 53 heavy (non-hydrogen) atoms. The molecule has 4 aromatic rings. The number of carbonyl (C=O) groups is 2. The quantitative estimate of drug-likeness (QED) is 0.119. The monoisotopic (exact) mass is 735 g/mol. The minimum Gasteiger partial charge on any atom is -0.493 e. The Morgan fingerprint density at radius 3 is 2.47 bits per heavy atom. The Hall–Kier alpha value is -4.24. The molecule has 4 unspecified atom stereocenters. The zero-order valence-electron chi connectivity index (χ0n) is 31.5. The molecule has 4 atom stereocenters. The number of allylic oxidation sites excluding steroid dienone is 2. The first kappa shape index (κ1) is 38.5. The molecule has 1 saturated carbocycles. The minimum absolute atomic E-state index is 0.0553. The summed E-state index contributed by atoms with van der Waals surface area (Å²) in [6.45, 7) is 4.95. The van der Waals surface area contributed by atoms with E-state index >= 15 is 0 Å². The van der Waals surface area contributed by atoms with E-state index in [0.717, 1.165) is 29.5 Å². The van der Waals surface area contributed by atoms with Crippen molar-refractivity contribution in [3.8, 4) is 11.5 Å². The third-order valence-electron chi connectivity index (χ3n) is 11.8. The van der Waals surface area contributed by atoms with Crippen molar-refractivity contribution in [2.24, 2.45) is 5.41 Å². The molecule has 7 rings (SSSR count). The van der Waals surface area contributed by atoms with E-state index in [9.17, 15) is 19.8 Å². The fourth-order valence-corrected chi connectivity index (χ4v) is 9.22. The molecule has 0 spiro atoms. The average Bonchev–Trinajstić information content (AvgIpc) is 3.78. The molecular weight excluding hydrogens is 683 g/mol. The number of fused-ring (bicyclic) bond motifs is 8. The number of rotatable bonds is 11. The van der Waals surface area contributed by atoms with Crippen LogP contribution in [0.3, 0.4) is 0 Å². The van der Waals surface area contributed by atoms with Gasteiger partial charge < -0.3 is 24.6 Å². The van der Waals surface area contributed by atoms with Gasteiger partial charge in [0.15, 0.2) is 17.3 Å². The smallest absolute Gasteiger partial charge is 0.227 e. The van der Waals surface area contributed by atoms with Gasteiger partial charge in [-0.25, -0.2) is 0 Å². The Labute approximate surface area is 318 Å². The number of aliphatic hydroxyl groups excluding tert-OH is 1. The van der Waals surface area contributed by atoms with Gasteiger partial charge in [0.25, 0.3) is 0 Å². The molecular formula is C45H53NO6S. The molecule has 1 fully saturated rings. The van der Waals surface area contributed by atoms with E-state index in [-0.39, 0.29) is 30.6 Å². The van der Waals surface area contributed by atoms with Gasteiger partial charge in [-0.05, 0) is 111 Å². The Kier molecular flexibility index (Phi) is 12.2. The number of ketones is 1. The number of amides is 1. The highest BCUT2D eigenvalue weighted by Gasteiger charge is 2.57. The van der Waals surface area contributed by atoms with E-state index in [1.807, 2.05) is 77.0 Å². The minimum atomic E-state index is -1.22. The molecule has 1 heterocycles. The standard InChI is InChI=1S/C45H53NO6S/c1-31-10-8-22-44(2)39(37-18-15-32(26-35(47)17-14-31)27-38(37)43(49)34-11-6-5-7-12-34)20-23-45(44,50)30-46(24-21-36-13-9-25-53-36)42(48)29-33-16-19-40(51-3)41(28-33)52-4/h5-7,9-13,15-16,18-19,25,27-28,35,39,47,50H,8,14,17,20-24,26,29-30H2,1-4H3. The Balaban J connectivity index is 1.38. The lowest BCUT2D eigenvalue weighted by Gasteiger charge is -2.46. The normalized spacial score (nSPS) is 23.1. The predicted molar refractivity (Wildman–Crippen MR) is 211 cm³/mol. The highest BCUT2D eigenvalue weighted by Crippen LogP contribution is 2.59. The summed E-state index contributed by atoms with van der Waals surface area (Å²) < 4.78 is 11.0. The van der Waals surface area contributed by atoms with Crippen LogP contribution in [-0.4, -0.2) is 65.8 Å². The lowest BCUT2D eigenvalue weighted by Crippen LogP contribution is -2.54. The number of methoxy groups -OCH3 is 2. The molecule has 3 aliphatic rings. The van der Waals surface area contributed by atoms with Gasteiger partial charge in [-0.15, -0.1) is 11.3 Å². The van der Waals surface area contributed by atoms with Crippen LogP contribution in [0.1, 0.15) is 95.8 Å². The summed E-state index contributed by atoms with van der Waals surface area (Å²) >= 11 is 1.67. The largest absolute Gasteiger partial charge is 0.493 e. The molecule has 1 aromatic heterocycles. The third-order valence-corrected chi connectivity index (χ3v) is 12.7. The second-order valence-corrected chi connectivity index (χ2v) is 16.2. The number of nitrogens with zero attached hydrogens (tertiary/aromatic N) is 1. The van der Waals surface area contributed by atoms with Gasteiger partial charge in [0.2, 0.25) is 5.91 Å². The van der Waals surface area contributed by atoms with Crippen LogP contribution in [0.5, 0.6) is 11.5 Å². The van der Waals surface area contributed by atoms with Gasteiger partial charge in [0.1, 0.15) is 0 Å². The number of hydrogen-bond donors (Lipinski definition) is 2. The first-order valence-corrected chi connectivity index (χ1v) is 19.7. The first-order valence-electron chi connectivity index (χ1n) is 18.8. The van der Waals surface area contributed by atoms with Crippen molar-refractivity contribution in [3.63, 3.8) is 0 Å². The van der Waals surface area contributed by atoms with Crippen molar-refractivity contribution in [1.29, 1.82) is 0 Å². The van der Waals surface area contributed by atoms with E-state index < -0.39 is 17.1 Å². The summed E-state index contributed by atoms with van der Waals surface area (Å²) in [4.78, 5) is 31.7. The number of carbonyl (C=O) groups excluding carboxylic acids is 2. The first-order chi connectivity index (χ1) is 25.5. The van der Waals surface area contributed by atoms with E-state index in [4.69, 9.17) is 9.47 Å². The lowest BCUT2D eigenvalue weighted by molar-refractivity contribution is -0.139. The van der Waals surface area contributed by atoms with Gasteiger partial charge in [-0.3, -0.25) is 9.59 Å². The number of thiophene rings is 1. The van der Waals surface area contributed by atoms with Gasteiger partial charge in [0, 0.05) is 34.5 Å². The molecule has 2 bridgehead atoms. The number of benzene rings is 3. The summed E-state index contributed by atoms with van der Waals surface area (Å²) in [6.07, 6.45) is 7.06. The van der Waals surface area contributed by atoms with Crippen LogP contribution >= 0.6 is 11.3 Å². The van der Waals surface area contributed by atoms with Gasteiger partial charge >= 0.3 is 0 Å². The van der Waals surface area contributed by atoms with Crippen LogP contribution in [-0.2, 0) is 24.1 Å². The molecule has 1 amide bonds. The Morgan fingerprint density at radius 1 is 0.943 bits per heavy atom. The topological polar surface area (TPSA) is 96.3 Å². The molecule has 3 aliphatic carbocycles. The molecule has 280 valence electrons. The molecule has 7 nitrogen and oxygen atoms in total. The van der Waals surface area contributed by atoms with Crippen LogP contribution in [0, 0.1) is 5.41 Å². The van der Waals surface area contributed by atoms with Crippen molar-refractivity contribution in [2.45, 2.75) is 89.3 Å². The summed E-state index contributed by atoms with van der Waals surface area (Å²) in [5.74, 6) is 0.918. The molecule has 0 aliphatic heterocycles. The molecule has 3 aromatic carbocycles. The highest BCUT2D eigenvalue weighted by atomic mass is 32.1. The maximum Gasteiger partial charge on any atom is 0.227 e. The number of ether oxygens (including phenoxy) is 2. The Morgan fingerprint density at radius 2 is 1.74 bits per heavy atom. The molecule has 0 saturated heterocycles. The molecule has 0 radical (unpaired) electrons. The zero-order chi connectivity index (χ0) is 37.6. The summed E-state index contributed by atoms with van der Waals surface area (Å²) in [7, 11) is 3.18. The number of aliphatic hydroxyl groups is 2. The molecule has 2 N–H and O–H groups in total. The fourth-order valence-electron chi connectivity index (χ4n) is 8.53. The van der Waals surface area contributed by atoms with Gasteiger partial charge in [-0.2, -0.15) is 0 Å². The maximum absolute atomic E-state index is 14.3. The SMILES string of the molecule is COc1ccc(CC(=O)N(CCc2cccs2)CC2(O)CCC3c4ccc(cc4C(=O)c4ccccc4)CC(O)CCC(C)=CCCC32C)cc1OC. The van der Waals surface area contributed by atoms with Crippen LogP contribution < -0.4 is 9.47 Å². The van der Waals surface area contributed by atoms with Gasteiger partial charge in [-0.1, -0.05) is 73.2 Å². The predicted octanol–water partition coefficient (Wildman–Crippen LogP) is 8.35.